The topological polar surface area (TPSA) is 27.5 Å². The predicted octanol–water partition coefficient (Wildman–Crippen LogP) is 1.38. The summed E-state index contributed by atoms with van der Waals surface area (Å²) < 4.78 is 0. The number of hydroxylamine groups is 2. The Hall–Kier alpha value is -0.570. The van der Waals surface area contributed by atoms with Crippen LogP contribution < -0.4 is 5.06 Å². The van der Waals surface area contributed by atoms with E-state index in [0.717, 1.165) is 11.4 Å². The second-order valence-electron chi connectivity index (χ2n) is 3.99. The molecule has 0 saturated carbocycles. The molecule has 0 amide bonds. The Bertz CT molecular complexity index is 340. The van der Waals surface area contributed by atoms with Crippen molar-refractivity contribution in [3.8, 4) is 0 Å². The summed E-state index contributed by atoms with van der Waals surface area (Å²) in [4.78, 5) is 0. The number of halogens is 1. The zero-order valence-electron chi connectivity index (χ0n) is 8.22. The van der Waals surface area contributed by atoms with Crippen molar-refractivity contribution in [2.75, 3.05) is 13.1 Å². The molecule has 2 nitrogen and oxygen atoms in total. The van der Waals surface area contributed by atoms with Crippen molar-refractivity contribution < 1.29 is 5.06 Å². The van der Waals surface area contributed by atoms with Gasteiger partial charge >= 0.3 is 0 Å². The minimum atomic E-state index is 0.318. The Morgan fingerprint density at radius 2 is 2.29 bits per heavy atom. The molecule has 2 rings (SSSR count). The Balaban J connectivity index is 2.39. The Kier molecular flexibility index (Phi) is 2.77. The standard InChI is InChI=1S/C11H14ClNO/c1-8-7-13(14)5-4-9-2-3-10(12)6-11(8)9/h2-3,6,8,13H,4-5,7H2,1H3/t8-/m0/s1. The highest BCUT2D eigenvalue weighted by atomic mass is 35.5. The average Bonchev–Trinajstić information content (AvgIpc) is 2.27. The summed E-state index contributed by atoms with van der Waals surface area (Å²) in [6.07, 6.45) is 0.871. The van der Waals surface area contributed by atoms with Gasteiger partial charge in [0.25, 0.3) is 0 Å². The van der Waals surface area contributed by atoms with Crippen LogP contribution in [0.2, 0.25) is 5.02 Å². The van der Waals surface area contributed by atoms with Crippen molar-refractivity contribution in [2.24, 2.45) is 0 Å². The maximum atomic E-state index is 11.4. The third kappa shape index (κ3) is 1.92. The summed E-state index contributed by atoms with van der Waals surface area (Å²) in [6, 6.07) is 5.95. The van der Waals surface area contributed by atoms with Crippen LogP contribution in [-0.4, -0.2) is 13.1 Å². The van der Waals surface area contributed by atoms with Crippen molar-refractivity contribution >= 4 is 11.6 Å². The number of hydrogen-bond donors (Lipinski definition) is 1. The summed E-state index contributed by atoms with van der Waals surface area (Å²) in [7, 11) is 0. The fourth-order valence-electron chi connectivity index (χ4n) is 2.08. The van der Waals surface area contributed by atoms with Gasteiger partial charge in [-0.25, -0.2) is 0 Å². The average molecular weight is 212 g/mol. The molecule has 0 bridgehead atoms. The van der Waals surface area contributed by atoms with E-state index in [1.54, 1.807) is 0 Å². The van der Waals surface area contributed by atoms with Gasteiger partial charge < -0.3 is 10.3 Å². The molecule has 1 aromatic carbocycles. The monoisotopic (exact) mass is 211 g/mol. The maximum absolute atomic E-state index is 11.4. The van der Waals surface area contributed by atoms with E-state index in [0.29, 0.717) is 24.1 Å². The Morgan fingerprint density at radius 3 is 3.07 bits per heavy atom. The van der Waals surface area contributed by atoms with Crippen LogP contribution in [0.1, 0.15) is 24.0 Å². The van der Waals surface area contributed by atoms with Crippen LogP contribution in [0.25, 0.3) is 0 Å². The first kappa shape index (κ1) is 9.97. The molecule has 2 atom stereocenters. The Labute approximate surface area is 89.1 Å². The molecule has 0 fully saturated rings. The maximum Gasteiger partial charge on any atom is 0.0835 e. The van der Waals surface area contributed by atoms with Gasteiger partial charge in [0.05, 0.1) is 13.1 Å². The molecule has 1 unspecified atom stereocenters. The molecule has 0 saturated heterocycles. The van der Waals surface area contributed by atoms with Crippen LogP contribution in [0.15, 0.2) is 18.2 Å². The first-order valence-corrected chi connectivity index (χ1v) is 5.34. The Morgan fingerprint density at radius 1 is 1.50 bits per heavy atom. The lowest BCUT2D eigenvalue weighted by atomic mass is 9.96. The molecule has 0 spiro atoms. The second kappa shape index (κ2) is 3.89. The SMILES string of the molecule is C[C@H]1C[NH+]([O-])CCc2ccc(Cl)cc21. The zero-order chi connectivity index (χ0) is 10.1. The zero-order valence-corrected chi connectivity index (χ0v) is 8.97. The van der Waals surface area contributed by atoms with Gasteiger partial charge in [-0.15, -0.1) is 0 Å². The van der Waals surface area contributed by atoms with E-state index in [2.05, 4.69) is 6.92 Å². The van der Waals surface area contributed by atoms with E-state index in [4.69, 9.17) is 11.6 Å². The van der Waals surface area contributed by atoms with Gasteiger partial charge in [0.1, 0.15) is 0 Å². The van der Waals surface area contributed by atoms with Gasteiger partial charge in [-0.1, -0.05) is 24.6 Å². The molecule has 76 valence electrons. The first-order chi connectivity index (χ1) is 6.66. The van der Waals surface area contributed by atoms with E-state index >= 15 is 0 Å². The van der Waals surface area contributed by atoms with Crippen molar-refractivity contribution in [2.45, 2.75) is 19.3 Å². The molecule has 1 aliphatic heterocycles. The normalized spacial score (nSPS) is 26.8. The van der Waals surface area contributed by atoms with Gasteiger partial charge in [-0.05, 0) is 23.3 Å². The van der Waals surface area contributed by atoms with Crippen molar-refractivity contribution in [3.63, 3.8) is 0 Å². The van der Waals surface area contributed by atoms with Crippen LogP contribution in [0, 0.1) is 5.21 Å². The van der Waals surface area contributed by atoms with Crippen molar-refractivity contribution in [3.05, 3.63) is 39.6 Å². The number of nitrogens with one attached hydrogen (secondary N) is 1. The van der Waals surface area contributed by atoms with E-state index in [-0.39, 0.29) is 0 Å². The number of hydrogen-bond acceptors (Lipinski definition) is 1. The van der Waals surface area contributed by atoms with E-state index in [1.165, 1.54) is 11.1 Å². The molecule has 1 N–H and O–H groups in total. The summed E-state index contributed by atoms with van der Waals surface area (Å²) in [5.74, 6) is 0.318. The number of benzene rings is 1. The molecule has 1 aliphatic rings. The van der Waals surface area contributed by atoms with Crippen LogP contribution in [0.5, 0.6) is 0 Å². The fraction of sp³-hybridized carbons (Fsp3) is 0.455. The van der Waals surface area contributed by atoms with Crippen molar-refractivity contribution in [1.29, 1.82) is 0 Å². The minimum absolute atomic E-state index is 0.318. The van der Waals surface area contributed by atoms with Crippen LogP contribution in [0.4, 0.5) is 0 Å². The highest BCUT2D eigenvalue weighted by Crippen LogP contribution is 2.24. The molecule has 1 heterocycles. The second-order valence-corrected chi connectivity index (χ2v) is 4.42. The molecule has 1 aromatic rings. The van der Waals surface area contributed by atoms with Crippen molar-refractivity contribution in [1.82, 2.24) is 0 Å². The summed E-state index contributed by atoms with van der Waals surface area (Å²) in [6.45, 7) is 3.44. The quantitative estimate of drug-likeness (QED) is 0.646. The number of rotatable bonds is 0. The highest BCUT2D eigenvalue weighted by Gasteiger charge is 2.18. The summed E-state index contributed by atoms with van der Waals surface area (Å²) >= 11 is 5.95. The van der Waals surface area contributed by atoms with Crippen LogP contribution in [-0.2, 0) is 6.42 Å². The molecule has 0 aliphatic carbocycles. The third-order valence-corrected chi connectivity index (χ3v) is 3.08. The molecule has 14 heavy (non-hydrogen) atoms. The van der Waals surface area contributed by atoms with Gasteiger partial charge in [0, 0.05) is 17.4 Å². The lowest BCUT2D eigenvalue weighted by Crippen LogP contribution is -3.07. The van der Waals surface area contributed by atoms with E-state index in [9.17, 15) is 5.21 Å². The van der Waals surface area contributed by atoms with Gasteiger partial charge in [-0.3, -0.25) is 0 Å². The van der Waals surface area contributed by atoms with Crippen LogP contribution in [0.3, 0.4) is 0 Å². The highest BCUT2D eigenvalue weighted by molar-refractivity contribution is 6.30. The molecule has 0 radical (unpaired) electrons. The minimum Gasteiger partial charge on any atom is -0.634 e. The first-order valence-electron chi connectivity index (χ1n) is 4.97. The molecular formula is C11H14ClNO. The number of fused-ring (bicyclic) bond motifs is 1. The van der Waals surface area contributed by atoms with Gasteiger partial charge in [0.15, 0.2) is 0 Å². The molecule has 3 heteroatoms. The lowest BCUT2D eigenvalue weighted by molar-refractivity contribution is -0.848. The largest absolute Gasteiger partial charge is 0.634 e. The third-order valence-electron chi connectivity index (χ3n) is 2.85. The van der Waals surface area contributed by atoms with E-state index in [1.807, 2.05) is 18.2 Å². The fourth-order valence-corrected chi connectivity index (χ4v) is 2.26. The lowest BCUT2D eigenvalue weighted by Gasteiger charge is -2.22. The predicted molar refractivity (Wildman–Crippen MR) is 57.6 cm³/mol. The van der Waals surface area contributed by atoms with E-state index < -0.39 is 0 Å². The van der Waals surface area contributed by atoms with Crippen LogP contribution >= 0.6 is 11.6 Å². The summed E-state index contributed by atoms with van der Waals surface area (Å²) in [5, 5.41) is 12.5. The summed E-state index contributed by atoms with van der Waals surface area (Å²) in [5.41, 5.74) is 2.54. The number of quaternary nitrogens is 1. The van der Waals surface area contributed by atoms with Gasteiger partial charge in [0.2, 0.25) is 0 Å². The molecule has 0 aromatic heterocycles. The van der Waals surface area contributed by atoms with Gasteiger partial charge in [-0.2, -0.15) is 0 Å². The smallest absolute Gasteiger partial charge is 0.0835 e. The molecular weight excluding hydrogens is 198 g/mol.